The van der Waals surface area contributed by atoms with Gasteiger partial charge in [0.25, 0.3) is 5.56 Å². The van der Waals surface area contributed by atoms with E-state index in [2.05, 4.69) is 4.98 Å². The molecule has 3 N–H and O–H groups in total. The molecule has 0 radical (unpaired) electrons. The maximum absolute atomic E-state index is 10.8. The number of H-pyrrole nitrogens is 2. The lowest BCUT2D eigenvalue weighted by molar-refractivity contribution is 0.197. The minimum Gasteiger partial charge on any atom is -0.388 e. The lowest BCUT2D eigenvalue weighted by Gasteiger charge is -1.99. The highest BCUT2D eigenvalue weighted by atomic mass is 16.3. The maximum Gasteiger partial charge on any atom is 0.325 e. The van der Waals surface area contributed by atoms with Crippen LogP contribution >= 0.6 is 0 Å². The molecule has 0 bridgehead atoms. The second-order valence-electron chi connectivity index (χ2n) is 2.20. The molecule has 0 fully saturated rings. The molecule has 0 aromatic carbocycles. The molecule has 0 amide bonds. The van der Waals surface area contributed by atoms with E-state index in [-0.39, 0.29) is 5.56 Å². The molecule has 0 aliphatic carbocycles. The van der Waals surface area contributed by atoms with E-state index in [9.17, 15) is 9.59 Å². The van der Waals surface area contributed by atoms with Gasteiger partial charge in [-0.2, -0.15) is 0 Å². The van der Waals surface area contributed by atoms with Gasteiger partial charge in [0.05, 0.1) is 11.7 Å². The van der Waals surface area contributed by atoms with Gasteiger partial charge in [-0.15, -0.1) is 0 Å². The van der Waals surface area contributed by atoms with Crippen molar-refractivity contribution >= 4 is 0 Å². The number of aromatic amines is 2. The Morgan fingerprint density at radius 3 is 2.64 bits per heavy atom. The summed E-state index contributed by atoms with van der Waals surface area (Å²) in [4.78, 5) is 25.6. The zero-order chi connectivity index (χ0) is 8.43. The van der Waals surface area contributed by atoms with E-state index >= 15 is 0 Å². The molecule has 11 heavy (non-hydrogen) atoms. The highest BCUT2D eigenvalue weighted by Crippen LogP contribution is 2.00. The molecule has 0 aliphatic rings. The highest BCUT2D eigenvalue weighted by molar-refractivity contribution is 5.05. The van der Waals surface area contributed by atoms with E-state index in [4.69, 9.17) is 5.11 Å². The molecular weight excluding hydrogens is 148 g/mol. The van der Waals surface area contributed by atoms with Crippen LogP contribution in [0.1, 0.15) is 18.6 Å². The number of hydrogen-bond acceptors (Lipinski definition) is 3. The van der Waals surface area contributed by atoms with Crippen molar-refractivity contribution in [1.82, 2.24) is 9.97 Å². The lowest BCUT2D eigenvalue weighted by atomic mass is 10.2. The van der Waals surface area contributed by atoms with Gasteiger partial charge in [-0.1, -0.05) is 0 Å². The lowest BCUT2D eigenvalue weighted by Crippen LogP contribution is -2.25. The average molecular weight is 156 g/mol. The molecule has 0 saturated heterocycles. The van der Waals surface area contributed by atoms with Crippen molar-refractivity contribution in [2.75, 3.05) is 0 Å². The van der Waals surface area contributed by atoms with E-state index in [1.165, 1.54) is 13.1 Å². The van der Waals surface area contributed by atoms with Gasteiger partial charge in [-0.3, -0.25) is 9.78 Å². The van der Waals surface area contributed by atoms with Crippen LogP contribution in [0.25, 0.3) is 0 Å². The Morgan fingerprint density at radius 2 is 2.18 bits per heavy atom. The molecule has 0 aliphatic heterocycles. The monoisotopic (exact) mass is 156 g/mol. The Balaban J connectivity index is 3.32. The SMILES string of the molecule is CC(O)c1c[nH]c(=O)[nH]c1=O. The topological polar surface area (TPSA) is 85.9 Å². The Labute approximate surface area is 61.7 Å². The molecule has 60 valence electrons. The molecule has 0 saturated carbocycles. The summed E-state index contributed by atoms with van der Waals surface area (Å²) in [5.41, 5.74) is -0.965. The summed E-state index contributed by atoms with van der Waals surface area (Å²) in [5, 5.41) is 8.95. The van der Waals surface area contributed by atoms with Crippen LogP contribution in [0.15, 0.2) is 15.8 Å². The van der Waals surface area contributed by atoms with Gasteiger partial charge < -0.3 is 10.1 Å². The molecule has 1 aromatic heterocycles. The standard InChI is InChI=1S/C6H8N2O3/c1-3(9)4-2-7-6(11)8-5(4)10/h2-3,9H,1H3,(H2,7,8,10,11). The van der Waals surface area contributed by atoms with Crippen LogP contribution in [0.2, 0.25) is 0 Å². The number of hydrogen-bond donors (Lipinski definition) is 3. The number of aliphatic hydroxyl groups excluding tert-OH is 1. The Kier molecular flexibility index (Phi) is 1.91. The van der Waals surface area contributed by atoms with Crippen LogP contribution in [0, 0.1) is 0 Å². The summed E-state index contributed by atoms with van der Waals surface area (Å²) in [5.74, 6) is 0. The van der Waals surface area contributed by atoms with Gasteiger partial charge in [-0.25, -0.2) is 4.79 Å². The summed E-state index contributed by atoms with van der Waals surface area (Å²) in [6.07, 6.45) is 0.335. The summed E-state index contributed by atoms with van der Waals surface area (Å²) in [6, 6.07) is 0. The minimum atomic E-state index is -0.865. The van der Waals surface area contributed by atoms with Gasteiger partial charge in [0.1, 0.15) is 0 Å². The van der Waals surface area contributed by atoms with E-state index in [1.807, 2.05) is 4.98 Å². The first-order valence-corrected chi connectivity index (χ1v) is 3.11. The third-order valence-corrected chi connectivity index (χ3v) is 1.30. The van der Waals surface area contributed by atoms with E-state index in [0.29, 0.717) is 0 Å². The molecule has 1 rings (SSSR count). The first kappa shape index (κ1) is 7.74. The number of rotatable bonds is 1. The molecule has 1 unspecified atom stereocenters. The molecule has 5 nitrogen and oxygen atoms in total. The summed E-state index contributed by atoms with van der Waals surface area (Å²) < 4.78 is 0. The summed E-state index contributed by atoms with van der Waals surface area (Å²) in [7, 11) is 0. The van der Waals surface area contributed by atoms with Crippen molar-refractivity contribution in [2.24, 2.45) is 0 Å². The number of nitrogens with one attached hydrogen (secondary N) is 2. The third kappa shape index (κ3) is 1.56. The van der Waals surface area contributed by atoms with Crippen LogP contribution < -0.4 is 11.2 Å². The molecule has 1 heterocycles. The third-order valence-electron chi connectivity index (χ3n) is 1.30. The molecule has 1 aromatic rings. The van der Waals surface area contributed by atoms with Crippen molar-refractivity contribution in [2.45, 2.75) is 13.0 Å². The second kappa shape index (κ2) is 2.71. The van der Waals surface area contributed by atoms with Gasteiger partial charge in [0, 0.05) is 6.20 Å². The Hall–Kier alpha value is -1.36. The summed E-state index contributed by atoms with van der Waals surface area (Å²) >= 11 is 0. The fourth-order valence-corrected chi connectivity index (χ4v) is 0.731. The van der Waals surface area contributed by atoms with Crippen molar-refractivity contribution in [3.63, 3.8) is 0 Å². The van der Waals surface area contributed by atoms with Crippen molar-refractivity contribution < 1.29 is 5.11 Å². The van der Waals surface area contributed by atoms with Crippen molar-refractivity contribution in [3.8, 4) is 0 Å². The zero-order valence-electron chi connectivity index (χ0n) is 5.92. The van der Waals surface area contributed by atoms with Crippen molar-refractivity contribution in [3.05, 3.63) is 32.6 Å². The first-order valence-electron chi connectivity index (χ1n) is 3.11. The van der Waals surface area contributed by atoms with E-state index in [0.717, 1.165) is 0 Å². The first-order chi connectivity index (χ1) is 5.11. The largest absolute Gasteiger partial charge is 0.388 e. The normalized spacial score (nSPS) is 12.9. The Bertz CT molecular complexity index is 349. The van der Waals surface area contributed by atoms with Crippen LogP contribution in [0.5, 0.6) is 0 Å². The predicted molar refractivity (Wildman–Crippen MR) is 38.3 cm³/mol. The van der Waals surface area contributed by atoms with Crippen LogP contribution in [-0.2, 0) is 0 Å². The average Bonchev–Trinajstić information content (AvgIpc) is 1.85. The van der Waals surface area contributed by atoms with Gasteiger partial charge in [0.15, 0.2) is 0 Å². The van der Waals surface area contributed by atoms with Crippen molar-refractivity contribution in [1.29, 1.82) is 0 Å². The van der Waals surface area contributed by atoms with Crippen LogP contribution in [0.3, 0.4) is 0 Å². The molecular formula is C6H8N2O3. The number of aromatic nitrogens is 2. The smallest absolute Gasteiger partial charge is 0.325 e. The molecule has 0 spiro atoms. The van der Waals surface area contributed by atoms with Gasteiger partial charge >= 0.3 is 5.69 Å². The van der Waals surface area contributed by atoms with Gasteiger partial charge in [-0.05, 0) is 6.92 Å². The summed E-state index contributed by atoms with van der Waals surface area (Å²) in [6.45, 7) is 1.45. The van der Waals surface area contributed by atoms with E-state index in [1.54, 1.807) is 0 Å². The number of aliphatic hydroxyl groups is 1. The fraction of sp³-hybridized carbons (Fsp3) is 0.333. The fourth-order valence-electron chi connectivity index (χ4n) is 0.731. The second-order valence-corrected chi connectivity index (χ2v) is 2.20. The quantitative estimate of drug-likeness (QED) is 0.493. The maximum atomic E-state index is 10.8. The van der Waals surface area contributed by atoms with Crippen LogP contribution in [-0.4, -0.2) is 15.1 Å². The Morgan fingerprint density at radius 1 is 1.55 bits per heavy atom. The molecule has 1 atom stereocenters. The molecule has 5 heteroatoms. The highest BCUT2D eigenvalue weighted by Gasteiger charge is 2.04. The zero-order valence-corrected chi connectivity index (χ0v) is 5.92. The van der Waals surface area contributed by atoms with Crippen LogP contribution in [0.4, 0.5) is 0 Å². The van der Waals surface area contributed by atoms with Gasteiger partial charge in [0.2, 0.25) is 0 Å². The predicted octanol–water partition coefficient (Wildman–Crippen LogP) is -0.884. The minimum absolute atomic E-state index is 0.157. The van der Waals surface area contributed by atoms with E-state index < -0.39 is 17.4 Å².